The molecule has 0 saturated carbocycles. The standard InChI is InChI=1S/C21H18N4O3/c22-20(26)15-9-17(12-24-11-15)28-19-4-2-13-1-3-16(10-18(13)19)25-21(27)14-5-7-23-8-6-14/h1,3,5-12,19H,2,4H2,(H2,22,26)(H,25,27)/t19-/m1/s1. The molecule has 0 radical (unpaired) electrons. The van der Waals surface area contributed by atoms with E-state index in [0.29, 0.717) is 22.6 Å². The summed E-state index contributed by atoms with van der Waals surface area (Å²) in [6.45, 7) is 0. The maximum absolute atomic E-state index is 12.4. The molecule has 0 spiro atoms. The number of rotatable bonds is 5. The largest absolute Gasteiger partial charge is 0.484 e. The Morgan fingerprint density at radius 2 is 1.86 bits per heavy atom. The Balaban J connectivity index is 1.53. The van der Waals surface area contributed by atoms with Crippen molar-refractivity contribution in [2.45, 2.75) is 18.9 Å². The number of aromatic nitrogens is 2. The first-order valence-corrected chi connectivity index (χ1v) is 8.86. The van der Waals surface area contributed by atoms with Crippen LogP contribution in [0.5, 0.6) is 5.75 Å². The number of ether oxygens (including phenoxy) is 1. The summed E-state index contributed by atoms with van der Waals surface area (Å²) >= 11 is 0. The molecule has 1 aromatic carbocycles. The number of carbonyl (C=O) groups is 2. The Labute approximate surface area is 161 Å². The molecule has 2 heterocycles. The third-order valence-electron chi connectivity index (χ3n) is 4.65. The van der Waals surface area contributed by atoms with Gasteiger partial charge >= 0.3 is 0 Å². The number of nitrogens with two attached hydrogens (primary N) is 1. The molecule has 0 bridgehead atoms. The number of carbonyl (C=O) groups excluding carboxylic acids is 2. The van der Waals surface area contributed by atoms with E-state index in [4.69, 9.17) is 10.5 Å². The highest BCUT2D eigenvalue weighted by Gasteiger charge is 2.25. The van der Waals surface area contributed by atoms with Crippen LogP contribution < -0.4 is 15.8 Å². The average Bonchev–Trinajstić information content (AvgIpc) is 3.11. The van der Waals surface area contributed by atoms with Crippen LogP contribution in [0.4, 0.5) is 5.69 Å². The molecule has 1 aliphatic carbocycles. The van der Waals surface area contributed by atoms with Crippen LogP contribution in [0, 0.1) is 0 Å². The number of aryl methyl sites for hydroxylation is 1. The average molecular weight is 374 g/mol. The van der Waals surface area contributed by atoms with E-state index in [2.05, 4.69) is 15.3 Å². The van der Waals surface area contributed by atoms with Gasteiger partial charge in [-0.1, -0.05) is 6.07 Å². The first kappa shape index (κ1) is 17.7. The number of benzene rings is 1. The Hall–Kier alpha value is -3.74. The topological polar surface area (TPSA) is 107 Å². The summed E-state index contributed by atoms with van der Waals surface area (Å²) in [6, 6.07) is 10.7. The van der Waals surface area contributed by atoms with E-state index in [1.807, 2.05) is 18.2 Å². The van der Waals surface area contributed by atoms with Crippen molar-refractivity contribution in [3.8, 4) is 5.75 Å². The summed E-state index contributed by atoms with van der Waals surface area (Å²) in [7, 11) is 0. The lowest BCUT2D eigenvalue weighted by atomic mass is 10.1. The van der Waals surface area contributed by atoms with Crippen molar-refractivity contribution >= 4 is 17.5 Å². The number of pyridine rings is 2. The van der Waals surface area contributed by atoms with Gasteiger partial charge in [0, 0.05) is 29.8 Å². The fourth-order valence-corrected chi connectivity index (χ4v) is 3.25. The number of fused-ring (bicyclic) bond motifs is 1. The zero-order valence-corrected chi connectivity index (χ0v) is 15.0. The van der Waals surface area contributed by atoms with Gasteiger partial charge in [0.1, 0.15) is 11.9 Å². The third-order valence-corrected chi connectivity index (χ3v) is 4.65. The van der Waals surface area contributed by atoms with Crippen LogP contribution in [-0.2, 0) is 6.42 Å². The molecular formula is C21H18N4O3. The minimum atomic E-state index is -0.550. The molecule has 140 valence electrons. The van der Waals surface area contributed by atoms with E-state index in [-0.39, 0.29) is 12.0 Å². The minimum absolute atomic E-state index is 0.183. The van der Waals surface area contributed by atoms with Gasteiger partial charge in [-0.05, 0) is 54.3 Å². The van der Waals surface area contributed by atoms with Gasteiger partial charge in [0.25, 0.3) is 5.91 Å². The van der Waals surface area contributed by atoms with E-state index >= 15 is 0 Å². The van der Waals surface area contributed by atoms with Gasteiger partial charge in [0.15, 0.2) is 0 Å². The van der Waals surface area contributed by atoms with Gasteiger partial charge in [-0.3, -0.25) is 19.6 Å². The van der Waals surface area contributed by atoms with Crippen LogP contribution >= 0.6 is 0 Å². The number of hydrogen-bond acceptors (Lipinski definition) is 5. The SMILES string of the molecule is NC(=O)c1cncc(O[C@@H]2CCc3ccc(NC(=O)c4ccncc4)cc32)c1. The first-order chi connectivity index (χ1) is 13.6. The summed E-state index contributed by atoms with van der Waals surface area (Å²) in [4.78, 5) is 31.6. The number of nitrogens with zero attached hydrogens (tertiary/aromatic N) is 2. The summed E-state index contributed by atoms with van der Waals surface area (Å²) in [5.41, 5.74) is 9.02. The van der Waals surface area contributed by atoms with Gasteiger partial charge in [0.2, 0.25) is 5.91 Å². The second-order valence-electron chi connectivity index (χ2n) is 6.52. The predicted octanol–water partition coefficient (Wildman–Crippen LogP) is 2.89. The van der Waals surface area contributed by atoms with Crippen LogP contribution in [0.1, 0.15) is 44.4 Å². The second-order valence-corrected chi connectivity index (χ2v) is 6.52. The molecule has 1 atom stereocenters. The van der Waals surface area contributed by atoms with Crippen LogP contribution in [-0.4, -0.2) is 21.8 Å². The van der Waals surface area contributed by atoms with Crippen molar-refractivity contribution in [1.29, 1.82) is 0 Å². The fraction of sp³-hybridized carbons (Fsp3) is 0.143. The predicted molar refractivity (Wildman–Crippen MR) is 103 cm³/mol. The maximum atomic E-state index is 12.4. The lowest BCUT2D eigenvalue weighted by molar-refractivity contribution is 0.0996. The van der Waals surface area contributed by atoms with Crippen LogP contribution in [0.25, 0.3) is 0 Å². The highest BCUT2D eigenvalue weighted by molar-refractivity contribution is 6.04. The molecule has 4 rings (SSSR count). The van der Waals surface area contributed by atoms with Crippen LogP contribution in [0.3, 0.4) is 0 Å². The third kappa shape index (κ3) is 3.68. The minimum Gasteiger partial charge on any atom is -0.484 e. The fourth-order valence-electron chi connectivity index (χ4n) is 3.25. The molecule has 3 aromatic rings. The number of primary amides is 1. The monoisotopic (exact) mass is 374 g/mol. The van der Waals surface area contributed by atoms with E-state index in [1.165, 1.54) is 11.8 Å². The smallest absolute Gasteiger partial charge is 0.255 e. The second kappa shape index (κ2) is 7.48. The van der Waals surface area contributed by atoms with Crippen molar-refractivity contribution in [1.82, 2.24) is 9.97 Å². The van der Waals surface area contributed by atoms with E-state index in [9.17, 15) is 9.59 Å². The first-order valence-electron chi connectivity index (χ1n) is 8.86. The van der Waals surface area contributed by atoms with E-state index in [0.717, 1.165) is 18.4 Å². The lowest BCUT2D eigenvalue weighted by Gasteiger charge is -2.16. The molecular weight excluding hydrogens is 356 g/mol. The van der Waals surface area contributed by atoms with Crippen LogP contribution in [0.2, 0.25) is 0 Å². The number of anilines is 1. The zero-order chi connectivity index (χ0) is 19.5. The molecule has 2 amide bonds. The van der Waals surface area contributed by atoms with Crippen molar-refractivity contribution in [3.05, 3.63) is 83.4 Å². The molecule has 0 unspecified atom stereocenters. The molecule has 7 heteroatoms. The molecule has 1 aliphatic rings. The summed E-state index contributed by atoms with van der Waals surface area (Å²) < 4.78 is 6.05. The number of hydrogen-bond donors (Lipinski definition) is 2. The molecule has 28 heavy (non-hydrogen) atoms. The number of nitrogens with one attached hydrogen (secondary N) is 1. The van der Waals surface area contributed by atoms with Gasteiger partial charge < -0.3 is 15.8 Å². The van der Waals surface area contributed by atoms with Crippen molar-refractivity contribution < 1.29 is 14.3 Å². The molecule has 2 aromatic heterocycles. The Morgan fingerprint density at radius 3 is 2.64 bits per heavy atom. The Morgan fingerprint density at radius 1 is 1.04 bits per heavy atom. The highest BCUT2D eigenvalue weighted by atomic mass is 16.5. The van der Waals surface area contributed by atoms with Crippen LogP contribution in [0.15, 0.2) is 61.2 Å². The lowest BCUT2D eigenvalue weighted by Crippen LogP contribution is -2.13. The number of amides is 2. The molecule has 0 fully saturated rings. The Kier molecular flexibility index (Phi) is 4.72. The summed E-state index contributed by atoms with van der Waals surface area (Å²) in [6.07, 6.45) is 7.62. The van der Waals surface area contributed by atoms with E-state index < -0.39 is 5.91 Å². The van der Waals surface area contributed by atoms with Crippen molar-refractivity contribution in [2.24, 2.45) is 5.73 Å². The molecule has 0 saturated heterocycles. The van der Waals surface area contributed by atoms with Crippen molar-refractivity contribution in [3.63, 3.8) is 0 Å². The van der Waals surface area contributed by atoms with Gasteiger partial charge in [-0.2, -0.15) is 0 Å². The summed E-state index contributed by atoms with van der Waals surface area (Å²) in [5.74, 6) is -0.262. The molecule has 7 nitrogen and oxygen atoms in total. The van der Waals surface area contributed by atoms with E-state index in [1.54, 1.807) is 36.8 Å². The van der Waals surface area contributed by atoms with Gasteiger partial charge in [-0.25, -0.2) is 0 Å². The molecule has 3 N–H and O–H groups in total. The zero-order valence-electron chi connectivity index (χ0n) is 15.0. The molecule has 0 aliphatic heterocycles. The summed E-state index contributed by atoms with van der Waals surface area (Å²) in [5, 5.41) is 2.90. The van der Waals surface area contributed by atoms with Crippen molar-refractivity contribution in [2.75, 3.05) is 5.32 Å². The highest BCUT2D eigenvalue weighted by Crippen LogP contribution is 2.36. The Bertz CT molecular complexity index is 1040. The quantitative estimate of drug-likeness (QED) is 0.714. The maximum Gasteiger partial charge on any atom is 0.255 e. The normalized spacial score (nSPS) is 14.9. The van der Waals surface area contributed by atoms with Gasteiger partial charge in [-0.15, -0.1) is 0 Å². The van der Waals surface area contributed by atoms with Gasteiger partial charge in [0.05, 0.1) is 11.8 Å².